The van der Waals surface area contributed by atoms with E-state index >= 15 is 0 Å². The molecule has 0 saturated carbocycles. The van der Waals surface area contributed by atoms with Gasteiger partial charge in [-0.05, 0) is 52.7 Å². The minimum Gasteiger partial charge on any atom is -0.508 e. The third-order valence-corrected chi connectivity index (χ3v) is 3.67. The van der Waals surface area contributed by atoms with Crippen LogP contribution in [0.5, 0.6) is 11.5 Å². The topological polar surface area (TPSA) is 58.7 Å². The second-order valence-corrected chi connectivity index (χ2v) is 5.44. The van der Waals surface area contributed by atoms with Crippen molar-refractivity contribution in [1.82, 2.24) is 0 Å². The lowest BCUT2D eigenvalue weighted by Crippen LogP contribution is -2.26. The Kier molecular flexibility index (Phi) is 4.52. The Balaban J connectivity index is 2.23. The van der Waals surface area contributed by atoms with Crippen molar-refractivity contribution < 1.29 is 9.84 Å². The molecule has 2 aromatic carbocycles. The van der Waals surface area contributed by atoms with Crippen LogP contribution in [0.25, 0.3) is 0 Å². The Morgan fingerprint density at radius 1 is 1.30 bits per heavy atom. The summed E-state index contributed by atoms with van der Waals surface area (Å²) in [5.41, 5.74) is 3.09. The van der Waals surface area contributed by atoms with Gasteiger partial charge in [-0.15, -0.1) is 0 Å². The van der Waals surface area contributed by atoms with Crippen molar-refractivity contribution in [2.45, 2.75) is 13.5 Å². The fraction of sp³-hybridized carbons (Fsp3) is 0.200. The summed E-state index contributed by atoms with van der Waals surface area (Å²) in [6.45, 7) is 2.44. The number of hydrazine groups is 1. The molecule has 2 aromatic rings. The predicted molar refractivity (Wildman–Crippen MR) is 83.9 cm³/mol. The number of hydrogen-bond acceptors (Lipinski definition) is 4. The highest BCUT2D eigenvalue weighted by Crippen LogP contribution is 2.30. The average Bonchev–Trinajstić information content (AvgIpc) is 2.38. The first-order valence-corrected chi connectivity index (χ1v) is 6.96. The Labute approximate surface area is 126 Å². The summed E-state index contributed by atoms with van der Waals surface area (Å²) >= 11 is 3.37. The molecule has 0 amide bonds. The number of hydrogen-bond donors (Lipinski definition) is 2. The largest absolute Gasteiger partial charge is 0.508 e. The number of aryl methyl sites for hydroxylation is 1. The fourth-order valence-corrected chi connectivity index (χ4v) is 2.44. The van der Waals surface area contributed by atoms with Gasteiger partial charge in [-0.25, -0.2) is 5.84 Å². The molecule has 0 radical (unpaired) electrons. The van der Waals surface area contributed by atoms with E-state index in [9.17, 15) is 5.11 Å². The van der Waals surface area contributed by atoms with E-state index in [2.05, 4.69) is 15.9 Å². The second kappa shape index (κ2) is 6.15. The van der Waals surface area contributed by atoms with Crippen molar-refractivity contribution in [2.75, 3.05) is 12.1 Å². The number of phenolic OH excluding ortho intramolecular Hbond substituents is 1. The minimum absolute atomic E-state index is 0.197. The van der Waals surface area contributed by atoms with Crippen LogP contribution in [0.1, 0.15) is 11.1 Å². The Morgan fingerprint density at radius 3 is 2.70 bits per heavy atom. The molecule has 0 aliphatic carbocycles. The molecule has 0 aliphatic rings. The number of anilines is 1. The van der Waals surface area contributed by atoms with Gasteiger partial charge in [0.25, 0.3) is 0 Å². The SMILES string of the molecule is Cc1cccc(N(C)N)c1COc1ccc(O)cc1Br. The van der Waals surface area contributed by atoms with Crippen molar-refractivity contribution in [1.29, 1.82) is 0 Å². The first-order valence-electron chi connectivity index (χ1n) is 6.17. The van der Waals surface area contributed by atoms with E-state index in [4.69, 9.17) is 10.6 Å². The summed E-state index contributed by atoms with van der Waals surface area (Å²) in [5, 5.41) is 11.0. The van der Waals surface area contributed by atoms with E-state index in [1.807, 2.05) is 25.1 Å². The summed E-state index contributed by atoms with van der Waals surface area (Å²) in [7, 11) is 1.80. The van der Waals surface area contributed by atoms with Crippen LogP contribution in [0.4, 0.5) is 5.69 Å². The second-order valence-electron chi connectivity index (χ2n) is 4.59. The van der Waals surface area contributed by atoms with E-state index in [1.165, 1.54) is 0 Å². The number of aromatic hydroxyl groups is 1. The van der Waals surface area contributed by atoms with Crippen LogP contribution in [0, 0.1) is 6.92 Å². The van der Waals surface area contributed by atoms with Crippen molar-refractivity contribution in [3.05, 3.63) is 52.0 Å². The summed E-state index contributed by atoms with van der Waals surface area (Å²) in [6, 6.07) is 10.9. The van der Waals surface area contributed by atoms with Crippen LogP contribution in [0.2, 0.25) is 0 Å². The van der Waals surface area contributed by atoms with Crippen molar-refractivity contribution in [2.24, 2.45) is 5.84 Å². The predicted octanol–water partition coefficient (Wildman–Crippen LogP) is 3.35. The van der Waals surface area contributed by atoms with Gasteiger partial charge in [-0.3, -0.25) is 0 Å². The highest BCUT2D eigenvalue weighted by Gasteiger charge is 2.10. The zero-order chi connectivity index (χ0) is 14.7. The molecule has 106 valence electrons. The quantitative estimate of drug-likeness (QED) is 0.664. The zero-order valence-electron chi connectivity index (χ0n) is 11.4. The molecule has 0 unspecified atom stereocenters. The van der Waals surface area contributed by atoms with E-state index in [0.717, 1.165) is 16.8 Å². The van der Waals surface area contributed by atoms with E-state index in [0.29, 0.717) is 16.8 Å². The maximum absolute atomic E-state index is 9.38. The van der Waals surface area contributed by atoms with Crippen LogP contribution >= 0.6 is 15.9 Å². The van der Waals surface area contributed by atoms with Crippen LogP contribution in [-0.4, -0.2) is 12.2 Å². The Morgan fingerprint density at radius 2 is 2.05 bits per heavy atom. The van der Waals surface area contributed by atoms with E-state index < -0.39 is 0 Å². The number of phenols is 1. The van der Waals surface area contributed by atoms with Crippen LogP contribution in [-0.2, 0) is 6.61 Å². The van der Waals surface area contributed by atoms with Gasteiger partial charge in [0.1, 0.15) is 18.1 Å². The molecule has 4 nitrogen and oxygen atoms in total. The average molecular weight is 337 g/mol. The standard InChI is InChI=1S/C15H17BrN2O2/c1-10-4-3-5-14(18(2)17)12(10)9-20-15-7-6-11(19)8-13(15)16/h3-8,19H,9,17H2,1-2H3. The molecule has 0 aromatic heterocycles. The molecule has 5 heteroatoms. The monoisotopic (exact) mass is 336 g/mol. The highest BCUT2D eigenvalue weighted by atomic mass is 79.9. The Hall–Kier alpha value is -1.72. The maximum atomic E-state index is 9.38. The van der Waals surface area contributed by atoms with Gasteiger partial charge in [-0.1, -0.05) is 12.1 Å². The first kappa shape index (κ1) is 14.7. The lowest BCUT2D eigenvalue weighted by molar-refractivity contribution is 0.303. The molecule has 0 fully saturated rings. The Bertz CT molecular complexity index is 615. The number of rotatable bonds is 4. The molecule has 0 atom stereocenters. The normalized spacial score (nSPS) is 10.4. The van der Waals surface area contributed by atoms with Gasteiger partial charge in [0.2, 0.25) is 0 Å². The number of halogens is 1. The number of benzene rings is 2. The van der Waals surface area contributed by atoms with Crippen LogP contribution < -0.4 is 15.6 Å². The van der Waals surface area contributed by atoms with Gasteiger partial charge in [0.15, 0.2) is 0 Å². The molecule has 0 heterocycles. The fourth-order valence-electron chi connectivity index (χ4n) is 1.96. The smallest absolute Gasteiger partial charge is 0.134 e. The van der Waals surface area contributed by atoms with Crippen LogP contribution in [0.15, 0.2) is 40.9 Å². The van der Waals surface area contributed by atoms with E-state index in [-0.39, 0.29) is 5.75 Å². The summed E-state index contributed by atoms with van der Waals surface area (Å²) in [5.74, 6) is 6.71. The molecule has 0 aliphatic heterocycles. The van der Waals surface area contributed by atoms with Crippen molar-refractivity contribution in [3.8, 4) is 11.5 Å². The molecule has 0 bridgehead atoms. The van der Waals surface area contributed by atoms with Gasteiger partial charge < -0.3 is 14.9 Å². The summed E-state index contributed by atoms with van der Waals surface area (Å²) in [4.78, 5) is 0. The minimum atomic E-state index is 0.197. The van der Waals surface area contributed by atoms with Gasteiger partial charge in [0.05, 0.1) is 10.2 Å². The molecular weight excluding hydrogens is 320 g/mol. The summed E-state index contributed by atoms with van der Waals surface area (Å²) in [6.07, 6.45) is 0. The molecular formula is C15H17BrN2O2. The number of ether oxygens (including phenoxy) is 1. The molecule has 3 N–H and O–H groups in total. The molecule has 2 rings (SSSR count). The highest BCUT2D eigenvalue weighted by molar-refractivity contribution is 9.10. The van der Waals surface area contributed by atoms with Gasteiger partial charge >= 0.3 is 0 Å². The number of nitrogens with zero attached hydrogens (tertiary/aromatic N) is 1. The molecule has 0 saturated heterocycles. The lowest BCUT2D eigenvalue weighted by Gasteiger charge is -2.19. The zero-order valence-corrected chi connectivity index (χ0v) is 13.0. The summed E-state index contributed by atoms with van der Waals surface area (Å²) < 4.78 is 6.53. The number of nitrogens with two attached hydrogens (primary N) is 1. The third-order valence-electron chi connectivity index (χ3n) is 3.05. The van der Waals surface area contributed by atoms with Crippen molar-refractivity contribution in [3.63, 3.8) is 0 Å². The lowest BCUT2D eigenvalue weighted by atomic mass is 10.1. The van der Waals surface area contributed by atoms with Crippen LogP contribution in [0.3, 0.4) is 0 Å². The molecule has 0 spiro atoms. The third kappa shape index (κ3) is 3.23. The molecule has 20 heavy (non-hydrogen) atoms. The van der Waals surface area contributed by atoms with Gasteiger partial charge in [-0.2, -0.15) is 0 Å². The maximum Gasteiger partial charge on any atom is 0.134 e. The van der Waals surface area contributed by atoms with E-state index in [1.54, 1.807) is 30.3 Å². The van der Waals surface area contributed by atoms with Gasteiger partial charge in [0, 0.05) is 12.6 Å². The van der Waals surface area contributed by atoms with Crippen molar-refractivity contribution >= 4 is 21.6 Å². The first-order chi connectivity index (χ1) is 9.49.